The molecule has 0 aromatic heterocycles. The molecule has 0 spiro atoms. The second-order valence-corrected chi connectivity index (χ2v) is 5.56. The van der Waals surface area contributed by atoms with E-state index >= 15 is 0 Å². The van der Waals surface area contributed by atoms with Gasteiger partial charge in [-0.3, -0.25) is 4.79 Å². The molecular weight excluding hydrogens is 322 g/mol. The quantitative estimate of drug-likeness (QED) is 0.791. The lowest BCUT2D eigenvalue weighted by atomic mass is 10.1. The van der Waals surface area contributed by atoms with E-state index in [2.05, 4.69) is 22.0 Å². The van der Waals surface area contributed by atoms with E-state index in [-0.39, 0.29) is 5.91 Å². The van der Waals surface area contributed by atoms with Gasteiger partial charge in [0.25, 0.3) is 5.91 Å². The van der Waals surface area contributed by atoms with Crippen molar-refractivity contribution in [1.29, 1.82) is 0 Å². The fourth-order valence-corrected chi connectivity index (χ4v) is 2.56. The number of amides is 1. The molecule has 0 bridgehead atoms. The van der Waals surface area contributed by atoms with Gasteiger partial charge in [0, 0.05) is 24.7 Å². The van der Waals surface area contributed by atoms with Crippen LogP contribution in [0.2, 0.25) is 0 Å². The molecule has 0 atom stereocenters. The molecule has 108 valence electrons. The molecule has 20 heavy (non-hydrogen) atoms. The maximum Gasteiger partial charge on any atom is 0.257 e. The van der Waals surface area contributed by atoms with Gasteiger partial charge in [0.1, 0.15) is 5.75 Å². The summed E-state index contributed by atoms with van der Waals surface area (Å²) in [6.07, 6.45) is 2.93. The second-order valence-electron chi connectivity index (χ2n) is 4.64. The van der Waals surface area contributed by atoms with Crippen molar-refractivity contribution in [2.75, 3.05) is 33.9 Å². The van der Waals surface area contributed by atoms with Gasteiger partial charge in [-0.25, -0.2) is 0 Å². The van der Waals surface area contributed by atoms with Crippen molar-refractivity contribution in [2.45, 2.75) is 6.42 Å². The number of carbonyl (C=O) groups excluding carboxylic acids is 1. The van der Waals surface area contributed by atoms with Crippen LogP contribution in [0.4, 0.5) is 0 Å². The summed E-state index contributed by atoms with van der Waals surface area (Å²) in [6.45, 7) is 1.98. The standard InChI is InChI=1S/C15H18BrNO3/c1-19-10-11-5-7-17(8-6-11)15(18)13-4-3-12(16)9-14(13)20-2/h3-5,9H,6-8,10H2,1-2H3. The van der Waals surface area contributed by atoms with Crippen molar-refractivity contribution < 1.29 is 14.3 Å². The molecule has 0 unspecified atom stereocenters. The molecule has 1 aliphatic heterocycles. The normalized spacial score (nSPS) is 14.9. The van der Waals surface area contributed by atoms with Gasteiger partial charge in [0.15, 0.2) is 0 Å². The summed E-state index contributed by atoms with van der Waals surface area (Å²) in [4.78, 5) is 14.3. The minimum absolute atomic E-state index is 0.00191. The molecule has 0 aliphatic carbocycles. The van der Waals surface area contributed by atoms with Crippen LogP contribution in [0.5, 0.6) is 5.75 Å². The maximum absolute atomic E-state index is 12.5. The first-order valence-corrected chi connectivity index (χ1v) is 7.24. The maximum atomic E-state index is 12.5. The molecule has 0 saturated carbocycles. The van der Waals surface area contributed by atoms with Gasteiger partial charge in [-0.2, -0.15) is 0 Å². The second kappa shape index (κ2) is 6.90. The van der Waals surface area contributed by atoms with E-state index in [0.29, 0.717) is 31.0 Å². The van der Waals surface area contributed by atoms with Crippen LogP contribution in [-0.4, -0.2) is 44.7 Å². The SMILES string of the molecule is COCC1=CCN(C(=O)c2ccc(Br)cc2OC)CC1. The third-order valence-electron chi connectivity index (χ3n) is 3.31. The van der Waals surface area contributed by atoms with Crippen molar-refractivity contribution in [3.05, 3.63) is 39.9 Å². The highest BCUT2D eigenvalue weighted by Crippen LogP contribution is 2.25. The van der Waals surface area contributed by atoms with E-state index in [9.17, 15) is 4.79 Å². The number of nitrogens with zero attached hydrogens (tertiary/aromatic N) is 1. The van der Waals surface area contributed by atoms with E-state index in [0.717, 1.165) is 10.9 Å². The predicted octanol–water partition coefficient (Wildman–Crippen LogP) is 2.88. The third kappa shape index (κ3) is 3.41. The Morgan fingerprint density at radius 1 is 1.40 bits per heavy atom. The number of rotatable bonds is 4. The average Bonchev–Trinajstić information content (AvgIpc) is 2.47. The zero-order valence-corrected chi connectivity index (χ0v) is 13.3. The predicted molar refractivity (Wildman–Crippen MR) is 81.2 cm³/mol. The molecule has 1 heterocycles. The van der Waals surface area contributed by atoms with Crippen LogP contribution < -0.4 is 4.74 Å². The van der Waals surface area contributed by atoms with Crippen LogP contribution >= 0.6 is 15.9 Å². The monoisotopic (exact) mass is 339 g/mol. The number of ether oxygens (including phenoxy) is 2. The van der Waals surface area contributed by atoms with Crippen molar-refractivity contribution in [2.24, 2.45) is 0 Å². The number of hydrogen-bond donors (Lipinski definition) is 0. The molecule has 1 aromatic rings. The van der Waals surface area contributed by atoms with Gasteiger partial charge in [0.2, 0.25) is 0 Å². The molecule has 4 nitrogen and oxygen atoms in total. The highest BCUT2D eigenvalue weighted by Gasteiger charge is 2.21. The van der Waals surface area contributed by atoms with E-state index in [4.69, 9.17) is 9.47 Å². The fraction of sp³-hybridized carbons (Fsp3) is 0.400. The smallest absolute Gasteiger partial charge is 0.257 e. The fourth-order valence-electron chi connectivity index (χ4n) is 2.22. The first kappa shape index (κ1) is 15.1. The van der Waals surface area contributed by atoms with E-state index in [1.165, 1.54) is 5.57 Å². The first-order valence-electron chi connectivity index (χ1n) is 6.45. The van der Waals surface area contributed by atoms with Gasteiger partial charge in [-0.05, 0) is 30.2 Å². The first-order chi connectivity index (χ1) is 9.65. The minimum Gasteiger partial charge on any atom is -0.496 e. The number of benzene rings is 1. The van der Waals surface area contributed by atoms with E-state index < -0.39 is 0 Å². The number of carbonyl (C=O) groups is 1. The Bertz CT molecular complexity index is 528. The molecule has 1 aromatic carbocycles. The highest BCUT2D eigenvalue weighted by atomic mass is 79.9. The summed E-state index contributed by atoms with van der Waals surface area (Å²) < 4.78 is 11.3. The topological polar surface area (TPSA) is 38.8 Å². The van der Waals surface area contributed by atoms with Crippen molar-refractivity contribution in [3.63, 3.8) is 0 Å². The van der Waals surface area contributed by atoms with Crippen LogP contribution in [0.15, 0.2) is 34.3 Å². The van der Waals surface area contributed by atoms with Crippen molar-refractivity contribution >= 4 is 21.8 Å². The van der Waals surface area contributed by atoms with Crippen LogP contribution in [0, 0.1) is 0 Å². The summed E-state index contributed by atoms with van der Waals surface area (Å²) in [5.41, 5.74) is 1.85. The molecule has 0 saturated heterocycles. The Kier molecular flexibility index (Phi) is 5.20. The van der Waals surface area contributed by atoms with Gasteiger partial charge >= 0.3 is 0 Å². The van der Waals surface area contributed by atoms with E-state index in [1.807, 2.05) is 17.0 Å². The van der Waals surface area contributed by atoms with Gasteiger partial charge in [0.05, 0.1) is 19.3 Å². The van der Waals surface area contributed by atoms with Crippen molar-refractivity contribution in [1.82, 2.24) is 4.90 Å². The summed E-state index contributed by atoms with van der Waals surface area (Å²) in [6, 6.07) is 5.45. The lowest BCUT2D eigenvalue weighted by Crippen LogP contribution is -2.35. The zero-order valence-electron chi connectivity index (χ0n) is 11.7. The molecule has 0 radical (unpaired) electrons. The Hall–Kier alpha value is -1.33. The molecule has 1 amide bonds. The summed E-state index contributed by atoms with van der Waals surface area (Å²) >= 11 is 3.38. The number of hydrogen-bond acceptors (Lipinski definition) is 3. The van der Waals surface area contributed by atoms with Crippen LogP contribution in [0.3, 0.4) is 0 Å². The van der Waals surface area contributed by atoms with Gasteiger partial charge in [-0.15, -0.1) is 0 Å². The molecular formula is C15H18BrNO3. The average molecular weight is 340 g/mol. The Morgan fingerprint density at radius 2 is 2.20 bits per heavy atom. The number of methoxy groups -OCH3 is 2. The van der Waals surface area contributed by atoms with Crippen LogP contribution in [0.1, 0.15) is 16.8 Å². The zero-order chi connectivity index (χ0) is 14.5. The summed E-state index contributed by atoms with van der Waals surface area (Å²) in [5.74, 6) is 0.595. The Balaban J connectivity index is 2.13. The van der Waals surface area contributed by atoms with Crippen molar-refractivity contribution in [3.8, 4) is 5.75 Å². The van der Waals surface area contributed by atoms with Gasteiger partial charge < -0.3 is 14.4 Å². The third-order valence-corrected chi connectivity index (χ3v) is 3.81. The Morgan fingerprint density at radius 3 is 2.80 bits per heavy atom. The molecule has 1 aliphatic rings. The van der Waals surface area contributed by atoms with Crippen LogP contribution in [0.25, 0.3) is 0 Å². The molecule has 0 fully saturated rings. The Labute approximate surface area is 127 Å². The highest BCUT2D eigenvalue weighted by molar-refractivity contribution is 9.10. The molecule has 5 heteroatoms. The number of halogens is 1. The summed E-state index contributed by atoms with van der Waals surface area (Å²) in [7, 11) is 3.26. The van der Waals surface area contributed by atoms with Crippen LogP contribution in [-0.2, 0) is 4.74 Å². The molecule has 2 rings (SSSR count). The largest absolute Gasteiger partial charge is 0.496 e. The van der Waals surface area contributed by atoms with Gasteiger partial charge in [-0.1, -0.05) is 22.0 Å². The lowest BCUT2D eigenvalue weighted by Gasteiger charge is -2.27. The minimum atomic E-state index is 0.00191. The lowest BCUT2D eigenvalue weighted by molar-refractivity contribution is 0.0761. The summed E-state index contributed by atoms with van der Waals surface area (Å²) in [5, 5.41) is 0. The molecule has 0 N–H and O–H groups in total. The van der Waals surface area contributed by atoms with E-state index in [1.54, 1.807) is 20.3 Å².